The summed E-state index contributed by atoms with van der Waals surface area (Å²) in [5, 5.41) is 23.1. The van der Waals surface area contributed by atoms with Gasteiger partial charge in [0.25, 0.3) is 11.8 Å². The molecule has 30 heavy (non-hydrogen) atoms. The number of hydrogen-bond acceptors (Lipinski definition) is 8. The van der Waals surface area contributed by atoms with Crippen LogP contribution in [0.15, 0.2) is 42.0 Å². The molecule has 0 aliphatic carbocycles. The number of phenols is 1. The molecule has 2 aromatic rings. The Kier molecular flexibility index (Phi) is 5.36. The molecule has 0 radical (unpaired) electrons. The number of methoxy groups -OCH3 is 2. The lowest BCUT2D eigenvalue weighted by Crippen LogP contribution is -2.54. The largest absolute Gasteiger partial charge is 0.500 e. The fraction of sp³-hybridized carbons (Fsp3) is 0.105. The topological polar surface area (TPSA) is 148 Å². The first-order chi connectivity index (χ1) is 14.3. The van der Waals surface area contributed by atoms with Gasteiger partial charge in [-0.15, -0.1) is 0 Å². The lowest BCUT2D eigenvalue weighted by molar-refractivity contribution is -0.386. The molecule has 11 heteroatoms. The third kappa shape index (κ3) is 3.51. The number of imide groups is 2. The van der Waals surface area contributed by atoms with Crippen LogP contribution in [0, 0.1) is 10.1 Å². The number of anilines is 1. The van der Waals surface area contributed by atoms with Crippen molar-refractivity contribution >= 4 is 35.3 Å². The maximum absolute atomic E-state index is 13.0. The molecule has 11 nitrogen and oxygen atoms in total. The van der Waals surface area contributed by atoms with Gasteiger partial charge in [-0.25, -0.2) is 9.69 Å². The second-order valence-corrected chi connectivity index (χ2v) is 5.98. The normalized spacial score (nSPS) is 15.2. The van der Waals surface area contributed by atoms with Crippen molar-refractivity contribution in [1.29, 1.82) is 0 Å². The lowest BCUT2D eigenvalue weighted by atomic mass is 10.1. The van der Waals surface area contributed by atoms with Crippen LogP contribution in [0.4, 0.5) is 16.2 Å². The van der Waals surface area contributed by atoms with Gasteiger partial charge in [0.2, 0.25) is 5.75 Å². The molecule has 0 spiro atoms. The Morgan fingerprint density at radius 3 is 2.40 bits per heavy atom. The molecule has 2 aromatic carbocycles. The average Bonchev–Trinajstić information content (AvgIpc) is 2.72. The third-order valence-electron chi connectivity index (χ3n) is 4.23. The molecule has 1 aliphatic rings. The van der Waals surface area contributed by atoms with Crippen LogP contribution in [-0.2, 0) is 9.59 Å². The van der Waals surface area contributed by atoms with Crippen molar-refractivity contribution in [1.82, 2.24) is 5.32 Å². The summed E-state index contributed by atoms with van der Waals surface area (Å²) in [4.78, 5) is 48.6. The number of ether oxygens (including phenoxy) is 2. The van der Waals surface area contributed by atoms with Crippen LogP contribution in [0.3, 0.4) is 0 Å². The summed E-state index contributed by atoms with van der Waals surface area (Å²) in [6.07, 6.45) is 1.06. The number of hydrogen-bond donors (Lipinski definition) is 2. The Labute approximate surface area is 169 Å². The second kappa shape index (κ2) is 7.91. The number of benzene rings is 2. The van der Waals surface area contributed by atoms with Crippen LogP contribution in [0.1, 0.15) is 5.56 Å². The van der Waals surface area contributed by atoms with Gasteiger partial charge in [0, 0.05) is 6.07 Å². The second-order valence-electron chi connectivity index (χ2n) is 5.98. The zero-order valence-electron chi connectivity index (χ0n) is 15.7. The van der Waals surface area contributed by atoms with Crippen molar-refractivity contribution in [2.24, 2.45) is 0 Å². The molecule has 0 atom stereocenters. The minimum Gasteiger partial charge on any atom is -0.500 e. The van der Waals surface area contributed by atoms with E-state index in [2.05, 4.69) is 0 Å². The van der Waals surface area contributed by atoms with Crippen molar-refractivity contribution in [3.8, 4) is 17.2 Å². The van der Waals surface area contributed by atoms with Gasteiger partial charge in [0.1, 0.15) is 11.3 Å². The molecular formula is C19H15N3O8. The predicted octanol–water partition coefficient (Wildman–Crippen LogP) is 1.98. The molecule has 1 aliphatic heterocycles. The Morgan fingerprint density at radius 2 is 1.77 bits per heavy atom. The van der Waals surface area contributed by atoms with Crippen molar-refractivity contribution in [2.45, 2.75) is 0 Å². The first-order valence-electron chi connectivity index (χ1n) is 8.38. The predicted molar refractivity (Wildman–Crippen MR) is 103 cm³/mol. The highest BCUT2D eigenvalue weighted by Gasteiger charge is 2.38. The van der Waals surface area contributed by atoms with E-state index in [4.69, 9.17) is 9.47 Å². The molecule has 4 amide bonds. The van der Waals surface area contributed by atoms with E-state index >= 15 is 0 Å². The third-order valence-corrected chi connectivity index (χ3v) is 4.23. The number of amides is 4. The van der Waals surface area contributed by atoms with E-state index in [1.165, 1.54) is 32.4 Å². The molecule has 0 saturated carbocycles. The average molecular weight is 413 g/mol. The Balaban J connectivity index is 2.12. The fourth-order valence-corrected chi connectivity index (χ4v) is 2.85. The first kappa shape index (κ1) is 20.3. The van der Waals surface area contributed by atoms with Gasteiger partial charge >= 0.3 is 11.7 Å². The summed E-state index contributed by atoms with van der Waals surface area (Å²) in [6.45, 7) is 0. The first-order valence-corrected chi connectivity index (χ1v) is 8.38. The van der Waals surface area contributed by atoms with E-state index in [0.29, 0.717) is 0 Å². The Hall–Kier alpha value is -4.41. The number of nitro benzene ring substituents is 1. The summed E-state index contributed by atoms with van der Waals surface area (Å²) in [7, 11) is 2.55. The number of carbonyl (C=O) groups is 3. The minimum absolute atomic E-state index is 0.0316. The molecule has 1 saturated heterocycles. The molecule has 2 N–H and O–H groups in total. The number of aromatic hydroxyl groups is 1. The number of nitrogens with one attached hydrogen (secondary N) is 1. The SMILES string of the molecule is COc1ccccc1N1C(=O)NC(=O)/C(=C/c2cc(OC)c(O)c([N+](=O)[O-])c2)C1=O. The van der Waals surface area contributed by atoms with Crippen molar-refractivity contribution in [3.63, 3.8) is 0 Å². The Bertz CT molecular complexity index is 1110. The summed E-state index contributed by atoms with van der Waals surface area (Å²) in [5.74, 6) is -2.64. The van der Waals surface area contributed by atoms with Crippen molar-refractivity contribution < 1.29 is 33.9 Å². The van der Waals surface area contributed by atoms with E-state index < -0.39 is 39.8 Å². The van der Waals surface area contributed by atoms with Crippen LogP contribution >= 0.6 is 0 Å². The van der Waals surface area contributed by atoms with Gasteiger partial charge in [-0.1, -0.05) is 12.1 Å². The zero-order valence-corrected chi connectivity index (χ0v) is 15.7. The van der Waals surface area contributed by atoms with Crippen LogP contribution in [0.25, 0.3) is 6.08 Å². The number of phenolic OH excluding ortho intramolecular Hbond substituents is 1. The number of nitrogens with zero attached hydrogens (tertiary/aromatic N) is 2. The van der Waals surface area contributed by atoms with E-state index in [0.717, 1.165) is 17.0 Å². The Morgan fingerprint density at radius 1 is 1.10 bits per heavy atom. The lowest BCUT2D eigenvalue weighted by Gasteiger charge is -2.27. The maximum Gasteiger partial charge on any atom is 0.336 e. The van der Waals surface area contributed by atoms with Crippen LogP contribution in [0.5, 0.6) is 17.2 Å². The quantitative estimate of drug-likeness (QED) is 0.327. The number of para-hydroxylation sites is 2. The number of barbiturate groups is 1. The molecule has 1 fully saturated rings. The minimum atomic E-state index is -0.981. The summed E-state index contributed by atoms with van der Waals surface area (Å²) in [5.41, 5.74) is -0.996. The van der Waals surface area contributed by atoms with Crippen LogP contribution in [0.2, 0.25) is 0 Å². The monoisotopic (exact) mass is 413 g/mol. The van der Waals surface area contributed by atoms with Crippen molar-refractivity contribution in [2.75, 3.05) is 19.1 Å². The van der Waals surface area contributed by atoms with E-state index in [-0.39, 0.29) is 22.7 Å². The summed E-state index contributed by atoms with van der Waals surface area (Å²) < 4.78 is 10.1. The van der Waals surface area contributed by atoms with Gasteiger partial charge in [0.05, 0.1) is 24.8 Å². The molecular weight excluding hydrogens is 398 g/mol. The molecule has 154 valence electrons. The van der Waals surface area contributed by atoms with Gasteiger partial charge in [-0.3, -0.25) is 25.0 Å². The highest BCUT2D eigenvalue weighted by Crippen LogP contribution is 2.38. The van der Waals surface area contributed by atoms with Gasteiger partial charge in [-0.05, 0) is 29.8 Å². The number of urea groups is 1. The zero-order chi connectivity index (χ0) is 22.0. The number of carbonyl (C=O) groups excluding carboxylic acids is 3. The highest BCUT2D eigenvalue weighted by molar-refractivity contribution is 6.39. The van der Waals surface area contributed by atoms with E-state index in [1.807, 2.05) is 5.32 Å². The molecule has 0 bridgehead atoms. The molecule has 3 rings (SSSR count). The van der Waals surface area contributed by atoms with Crippen molar-refractivity contribution in [3.05, 3.63) is 57.6 Å². The fourth-order valence-electron chi connectivity index (χ4n) is 2.85. The maximum atomic E-state index is 13.0. The van der Waals surface area contributed by atoms with Gasteiger partial charge in [0.15, 0.2) is 5.75 Å². The highest BCUT2D eigenvalue weighted by atomic mass is 16.6. The van der Waals surface area contributed by atoms with E-state index in [1.54, 1.807) is 12.1 Å². The standard InChI is InChI=1S/C19H15N3O8/c1-29-14-6-4-3-5-12(14)21-18(25)11(17(24)20-19(21)26)7-10-8-13(22(27)28)16(23)15(9-10)30-2/h3-9,23H,1-2H3,(H,20,24,26)/b11-7-. The number of rotatable bonds is 5. The van der Waals surface area contributed by atoms with Crippen LogP contribution < -0.4 is 19.7 Å². The molecule has 0 aromatic heterocycles. The molecule has 1 heterocycles. The van der Waals surface area contributed by atoms with Crippen LogP contribution in [-0.4, -0.2) is 42.1 Å². The smallest absolute Gasteiger partial charge is 0.336 e. The van der Waals surface area contributed by atoms with E-state index in [9.17, 15) is 29.6 Å². The number of nitro groups is 1. The summed E-state index contributed by atoms with van der Waals surface area (Å²) in [6, 6.07) is 7.41. The summed E-state index contributed by atoms with van der Waals surface area (Å²) >= 11 is 0. The molecule has 0 unspecified atom stereocenters. The van der Waals surface area contributed by atoms with Gasteiger partial charge in [-0.2, -0.15) is 0 Å². The van der Waals surface area contributed by atoms with Gasteiger partial charge < -0.3 is 14.6 Å².